The van der Waals surface area contributed by atoms with Gasteiger partial charge in [-0.05, 0) is 35.5 Å². The van der Waals surface area contributed by atoms with Crippen molar-refractivity contribution >= 4 is 11.4 Å². The summed E-state index contributed by atoms with van der Waals surface area (Å²) in [6.45, 7) is 12.7. The highest BCUT2D eigenvalue weighted by Gasteiger charge is 2.22. The first-order chi connectivity index (χ1) is 11.9. The SMILES string of the molecule is C=C.CCCCCCC(C)(C)c1ccc(C2=CCCC(=O)C2)c(O)c1. The van der Waals surface area contributed by atoms with E-state index in [9.17, 15) is 9.90 Å². The first-order valence-electron chi connectivity index (χ1n) is 9.48. The Kier molecular flexibility index (Phi) is 8.68. The molecule has 25 heavy (non-hydrogen) atoms. The van der Waals surface area contributed by atoms with Gasteiger partial charge in [-0.3, -0.25) is 4.79 Å². The van der Waals surface area contributed by atoms with E-state index in [0.717, 1.165) is 24.0 Å². The second kappa shape index (κ2) is 10.2. The van der Waals surface area contributed by atoms with E-state index in [0.29, 0.717) is 18.6 Å². The van der Waals surface area contributed by atoms with Crippen molar-refractivity contribution in [3.8, 4) is 5.75 Å². The number of benzene rings is 1. The third-order valence-corrected chi connectivity index (χ3v) is 4.98. The lowest BCUT2D eigenvalue weighted by molar-refractivity contribution is -0.118. The molecule has 1 aromatic carbocycles. The van der Waals surface area contributed by atoms with Gasteiger partial charge >= 0.3 is 0 Å². The summed E-state index contributed by atoms with van der Waals surface area (Å²) in [5.41, 5.74) is 3.05. The van der Waals surface area contributed by atoms with Gasteiger partial charge in [0.25, 0.3) is 0 Å². The number of phenolic OH excluding ortho intramolecular Hbond substituents is 1. The van der Waals surface area contributed by atoms with Crippen molar-refractivity contribution in [3.05, 3.63) is 48.6 Å². The van der Waals surface area contributed by atoms with Crippen LogP contribution in [-0.4, -0.2) is 10.9 Å². The smallest absolute Gasteiger partial charge is 0.137 e. The van der Waals surface area contributed by atoms with Crippen LogP contribution in [0.3, 0.4) is 0 Å². The molecule has 0 bridgehead atoms. The van der Waals surface area contributed by atoms with Crippen LogP contribution in [0.15, 0.2) is 37.4 Å². The molecule has 0 atom stereocenters. The van der Waals surface area contributed by atoms with Crippen molar-refractivity contribution in [2.75, 3.05) is 0 Å². The number of unbranched alkanes of at least 4 members (excludes halogenated alkanes) is 3. The summed E-state index contributed by atoms with van der Waals surface area (Å²) in [4.78, 5) is 11.6. The topological polar surface area (TPSA) is 37.3 Å². The maximum Gasteiger partial charge on any atom is 0.137 e. The van der Waals surface area contributed by atoms with Crippen LogP contribution in [0, 0.1) is 0 Å². The predicted octanol–water partition coefficient (Wildman–Crippen LogP) is 6.58. The molecule has 0 heterocycles. The van der Waals surface area contributed by atoms with Gasteiger partial charge in [-0.25, -0.2) is 0 Å². The number of carbonyl (C=O) groups is 1. The van der Waals surface area contributed by atoms with Crippen molar-refractivity contribution in [3.63, 3.8) is 0 Å². The Balaban J connectivity index is 0.00000151. The van der Waals surface area contributed by atoms with Crippen LogP contribution in [0.5, 0.6) is 5.75 Å². The van der Waals surface area contributed by atoms with Gasteiger partial charge in [0.15, 0.2) is 0 Å². The number of ketones is 1. The Morgan fingerprint density at radius 1 is 1.16 bits per heavy atom. The van der Waals surface area contributed by atoms with Gasteiger partial charge in [0.05, 0.1) is 0 Å². The summed E-state index contributed by atoms with van der Waals surface area (Å²) in [5.74, 6) is 0.576. The quantitative estimate of drug-likeness (QED) is 0.449. The largest absolute Gasteiger partial charge is 0.507 e. The fourth-order valence-corrected chi connectivity index (χ4v) is 3.35. The van der Waals surface area contributed by atoms with Gasteiger partial charge < -0.3 is 5.11 Å². The first-order valence-corrected chi connectivity index (χ1v) is 9.48. The zero-order valence-electron chi connectivity index (χ0n) is 16.2. The number of Topliss-reactive ketones (excluding diaryl/α,β-unsaturated/α-hetero) is 1. The number of aromatic hydroxyl groups is 1. The normalized spacial score (nSPS) is 14.5. The molecule has 2 heteroatoms. The molecule has 2 nitrogen and oxygen atoms in total. The summed E-state index contributed by atoms with van der Waals surface area (Å²) in [6, 6.07) is 6.01. The van der Waals surface area contributed by atoms with Crippen molar-refractivity contribution in [2.45, 2.75) is 77.6 Å². The molecule has 0 amide bonds. The summed E-state index contributed by atoms with van der Waals surface area (Å²) < 4.78 is 0. The number of hydrogen-bond donors (Lipinski definition) is 1. The molecule has 1 N–H and O–H groups in total. The highest BCUT2D eigenvalue weighted by atomic mass is 16.3. The second-order valence-electron chi connectivity index (χ2n) is 7.41. The molecule has 0 radical (unpaired) electrons. The van der Waals surface area contributed by atoms with Gasteiger partial charge in [0.2, 0.25) is 0 Å². The molecular formula is C23H34O2. The number of carbonyl (C=O) groups excluding carboxylic acids is 1. The average molecular weight is 343 g/mol. The van der Waals surface area contributed by atoms with Crippen molar-refractivity contribution in [1.82, 2.24) is 0 Å². The number of allylic oxidation sites excluding steroid dienone is 2. The molecule has 138 valence electrons. The summed E-state index contributed by atoms with van der Waals surface area (Å²) in [7, 11) is 0. The van der Waals surface area contributed by atoms with E-state index >= 15 is 0 Å². The van der Waals surface area contributed by atoms with Gasteiger partial charge in [-0.1, -0.05) is 64.7 Å². The number of hydrogen-bond acceptors (Lipinski definition) is 2. The zero-order valence-corrected chi connectivity index (χ0v) is 16.2. The van der Waals surface area contributed by atoms with E-state index in [-0.39, 0.29) is 11.2 Å². The molecule has 2 rings (SSSR count). The standard InChI is InChI=1S/C21H30O2.C2H4/c1-4-5-6-7-13-21(2,3)17-11-12-19(20(23)15-17)16-9-8-10-18(22)14-16;1-2/h9,11-12,15,23H,4-8,10,13-14H2,1-3H3;1-2H2. The van der Waals surface area contributed by atoms with E-state index in [1.165, 1.54) is 31.2 Å². The Morgan fingerprint density at radius 3 is 2.48 bits per heavy atom. The van der Waals surface area contributed by atoms with Crippen molar-refractivity contribution in [2.24, 2.45) is 0 Å². The minimum absolute atomic E-state index is 0.0700. The molecule has 0 saturated carbocycles. The molecule has 0 aliphatic heterocycles. The highest BCUT2D eigenvalue weighted by molar-refractivity contribution is 5.93. The summed E-state index contributed by atoms with van der Waals surface area (Å²) >= 11 is 0. The zero-order chi connectivity index (χ0) is 18.9. The lowest BCUT2D eigenvalue weighted by Gasteiger charge is -2.26. The lowest BCUT2D eigenvalue weighted by Crippen LogP contribution is -2.17. The Hall–Kier alpha value is -1.83. The molecule has 0 unspecified atom stereocenters. The Bertz CT molecular complexity index is 596. The van der Waals surface area contributed by atoms with Crippen LogP contribution in [0.1, 0.15) is 83.3 Å². The second-order valence-corrected chi connectivity index (χ2v) is 7.41. The number of phenols is 1. The minimum atomic E-state index is 0.0700. The fourth-order valence-electron chi connectivity index (χ4n) is 3.35. The monoisotopic (exact) mass is 342 g/mol. The summed E-state index contributed by atoms with van der Waals surface area (Å²) in [5, 5.41) is 10.5. The highest BCUT2D eigenvalue weighted by Crippen LogP contribution is 2.36. The van der Waals surface area contributed by atoms with E-state index < -0.39 is 0 Å². The third-order valence-electron chi connectivity index (χ3n) is 4.98. The molecule has 1 aliphatic carbocycles. The van der Waals surface area contributed by atoms with E-state index in [1.807, 2.05) is 12.1 Å². The van der Waals surface area contributed by atoms with E-state index in [2.05, 4.69) is 46.1 Å². The molecule has 0 aromatic heterocycles. The molecule has 0 saturated heterocycles. The van der Waals surface area contributed by atoms with Crippen molar-refractivity contribution < 1.29 is 9.90 Å². The molecule has 1 aliphatic rings. The predicted molar refractivity (Wildman–Crippen MR) is 108 cm³/mol. The first kappa shape index (κ1) is 21.2. The molecular weight excluding hydrogens is 308 g/mol. The van der Waals surface area contributed by atoms with Gasteiger partial charge in [0.1, 0.15) is 11.5 Å². The van der Waals surface area contributed by atoms with E-state index in [4.69, 9.17) is 0 Å². The maximum absolute atomic E-state index is 11.6. The maximum atomic E-state index is 11.6. The van der Waals surface area contributed by atoms with Crippen LogP contribution in [-0.2, 0) is 10.2 Å². The summed E-state index contributed by atoms with van der Waals surface area (Å²) in [6.07, 6.45) is 10.1. The Morgan fingerprint density at radius 2 is 1.88 bits per heavy atom. The molecule has 0 spiro atoms. The Labute approximate surface area is 153 Å². The van der Waals surface area contributed by atoms with Crippen LogP contribution < -0.4 is 0 Å². The fraction of sp³-hybridized carbons (Fsp3) is 0.522. The van der Waals surface area contributed by atoms with Gasteiger partial charge in [0, 0.05) is 18.4 Å². The van der Waals surface area contributed by atoms with Crippen LogP contribution in [0.4, 0.5) is 0 Å². The average Bonchev–Trinajstić information content (AvgIpc) is 2.60. The lowest BCUT2D eigenvalue weighted by atomic mass is 9.79. The van der Waals surface area contributed by atoms with Crippen LogP contribution >= 0.6 is 0 Å². The molecule has 0 fully saturated rings. The van der Waals surface area contributed by atoms with E-state index in [1.54, 1.807) is 0 Å². The van der Waals surface area contributed by atoms with Gasteiger partial charge in [-0.15, -0.1) is 13.2 Å². The van der Waals surface area contributed by atoms with Crippen LogP contribution in [0.2, 0.25) is 0 Å². The third kappa shape index (κ3) is 6.19. The van der Waals surface area contributed by atoms with Gasteiger partial charge in [-0.2, -0.15) is 0 Å². The molecule has 1 aromatic rings. The van der Waals surface area contributed by atoms with Crippen molar-refractivity contribution in [1.29, 1.82) is 0 Å². The minimum Gasteiger partial charge on any atom is -0.507 e. The van der Waals surface area contributed by atoms with Crippen LogP contribution in [0.25, 0.3) is 5.57 Å². The number of rotatable bonds is 7.